The molecule has 0 aliphatic carbocycles. The van der Waals surface area contributed by atoms with Gasteiger partial charge in [0.2, 0.25) is 0 Å². The van der Waals surface area contributed by atoms with Crippen molar-refractivity contribution >= 4 is 19.8 Å². The fourth-order valence-corrected chi connectivity index (χ4v) is 7.71. The molecule has 0 heterocycles. The lowest BCUT2D eigenvalue weighted by atomic mass is 10.1. The first-order chi connectivity index (χ1) is 36.8. The zero-order valence-corrected chi connectivity index (χ0v) is 47.6. The molecule has 0 radical (unpaired) electrons. The summed E-state index contributed by atoms with van der Waals surface area (Å²) in [6.07, 6.45) is 86.9. The summed E-state index contributed by atoms with van der Waals surface area (Å²) >= 11 is 0. The molecule has 0 saturated heterocycles. The van der Waals surface area contributed by atoms with E-state index in [1.807, 2.05) is 0 Å². The summed E-state index contributed by atoms with van der Waals surface area (Å²) < 4.78 is 32.9. The van der Waals surface area contributed by atoms with Crippen LogP contribution in [0.1, 0.15) is 194 Å². The van der Waals surface area contributed by atoms with Crippen LogP contribution in [-0.4, -0.2) is 49.3 Å². The molecule has 0 aromatic carbocycles. The molecule has 9 nitrogen and oxygen atoms in total. The molecule has 0 aromatic rings. The molecule has 0 rings (SSSR count). The molecule has 0 fully saturated rings. The standard InChI is InChI=1S/C65H102NO8P/c1-3-5-7-9-11-13-15-17-19-21-22-23-24-25-26-27-28-29-30-31-32-33-34-35-36-37-38-39-40-42-44-46-48-50-52-54-56-58-65(68)74-63(62-73-75(69,70)72-60-59-66)61-71-64(67)57-55-53-51-49-47-45-43-41-20-18-16-14-12-10-8-6-4-2/h5-8,11-14,17-20,22-23,25-26,28-29,31-32,34-35,37-38,40,42,46,48,63H,3-4,9-10,15-16,21,24,27,30,33,36,39,41,43-45,47,49-62,66H2,1-2H3,(H,69,70)/b7-5-,8-6-,13-11-,14-12-,19-17-,20-18-,23-22-,26-25-,29-28-,32-31-,35-34-,38-37-,42-40-,48-46-. The third-order valence-corrected chi connectivity index (χ3v) is 12.1. The number of phosphoric ester groups is 1. The van der Waals surface area contributed by atoms with Crippen LogP contribution in [0.3, 0.4) is 0 Å². The highest BCUT2D eigenvalue weighted by molar-refractivity contribution is 7.47. The number of esters is 2. The number of rotatable bonds is 51. The number of ether oxygens (including phenoxy) is 2. The summed E-state index contributed by atoms with van der Waals surface area (Å²) in [6.45, 7) is 3.43. The predicted octanol–water partition coefficient (Wildman–Crippen LogP) is 18.3. The first-order valence-electron chi connectivity index (χ1n) is 28.6. The van der Waals surface area contributed by atoms with Gasteiger partial charge in [-0.2, -0.15) is 0 Å². The van der Waals surface area contributed by atoms with Gasteiger partial charge in [-0.1, -0.05) is 223 Å². The van der Waals surface area contributed by atoms with Gasteiger partial charge >= 0.3 is 19.8 Å². The van der Waals surface area contributed by atoms with Crippen LogP contribution >= 0.6 is 7.82 Å². The van der Waals surface area contributed by atoms with Crippen molar-refractivity contribution < 1.29 is 37.6 Å². The van der Waals surface area contributed by atoms with Crippen molar-refractivity contribution in [2.45, 2.75) is 200 Å². The van der Waals surface area contributed by atoms with Crippen LogP contribution in [0.5, 0.6) is 0 Å². The van der Waals surface area contributed by atoms with Crippen LogP contribution < -0.4 is 5.73 Å². The van der Waals surface area contributed by atoms with Gasteiger partial charge in [0.25, 0.3) is 0 Å². The van der Waals surface area contributed by atoms with E-state index >= 15 is 0 Å². The zero-order chi connectivity index (χ0) is 54.5. The highest BCUT2D eigenvalue weighted by Crippen LogP contribution is 2.43. The number of hydrogen-bond donors (Lipinski definition) is 2. The minimum absolute atomic E-state index is 0.0364. The van der Waals surface area contributed by atoms with Crippen LogP contribution in [0.2, 0.25) is 0 Å². The van der Waals surface area contributed by atoms with Gasteiger partial charge in [-0.25, -0.2) is 4.57 Å². The number of nitrogens with two attached hydrogens (primary N) is 1. The Morgan fingerprint density at radius 1 is 0.400 bits per heavy atom. The molecule has 2 atom stereocenters. The van der Waals surface area contributed by atoms with Gasteiger partial charge in [0, 0.05) is 19.4 Å². The van der Waals surface area contributed by atoms with Crippen LogP contribution in [-0.2, 0) is 32.7 Å². The van der Waals surface area contributed by atoms with E-state index in [0.29, 0.717) is 12.8 Å². The second kappa shape index (κ2) is 58.6. The molecule has 0 bridgehead atoms. The minimum atomic E-state index is -4.41. The molecule has 0 saturated carbocycles. The molecule has 0 aromatic heterocycles. The smallest absolute Gasteiger partial charge is 0.462 e. The number of unbranched alkanes of at least 4 members (excludes halogenated alkanes) is 10. The van der Waals surface area contributed by atoms with E-state index < -0.39 is 32.5 Å². The third-order valence-electron chi connectivity index (χ3n) is 11.1. The molecule has 0 aliphatic heterocycles. The van der Waals surface area contributed by atoms with E-state index in [0.717, 1.165) is 135 Å². The van der Waals surface area contributed by atoms with Crippen molar-refractivity contribution in [2.24, 2.45) is 5.73 Å². The first-order valence-corrected chi connectivity index (χ1v) is 30.1. The Bertz CT molecular complexity index is 1820. The predicted molar refractivity (Wildman–Crippen MR) is 320 cm³/mol. The van der Waals surface area contributed by atoms with Crippen molar-refractivity contribution in [3.8, 4) is 0 Å². The van der Waals surface area contributed by atoms with Gasteiger partial charge in [0.15, 0.2) is 6.10 Å². The number of carbonyl (C=O) groups excluding carboxylic acids is 2. The Hall–Kier alpha value is -4.63. The highest BCUT2D eigenvalue weighted by atomic mass is 31.2. The summed E-state index contributed by atoms with van der Waals surface area (Å²) in [5.41, 5.74) is 5.37. The maximum absolute atomic E-state index is 12.7. The number of phosphoric acid groups is 1. The van der Waals surface area contributed by atoms with E-state index in [2.05, 4.69) is 184 Å². The molecule has 3 N–H and O–H groups in total. The average molecular weight is 1060 g/mol. The Morgan fingerprint density at radius 2 is 0.693 bits per heavy atom. The molecule has 0 spiro atoms. The van der Waals surface area contributed by atoms with Crippen LogP contribution in [0.15, 0.2) is 170 Å². The molecular formula is C65H102NO8P. The largest absolute Gasteiger partial charge is 0.472 e. The first kappa shape index (κ1) is 70.4. The van der Waals surface area contributed by atoms with E-state index in [-0.39, 0.29) is 32.6 Å². The summed E-state index contributed by atoms with van der Waals surface area (Å²) in [5.74, 6) is -0.894. The van der Waals surface area contributed by atoms with Gasteiger partial charge in [0.05, 0.1) is 13.2 Å². The van der Waals surface area contributed by atoms with E-state index in [4.69, 9.17) is 24.3 Å². The lowest BCUT2D eigenvalue weighted by molar-refractivity contribution is -0.161. The van der Waals surface area contributed by atoms with Crippen LogP contribution in [0.25, 0.3) is 0 Å². The van der Waals surface area contributed by atoms with Gasteiger partial charge in [0.1, 0.15) is 6.61 Å². The number of carbonyl (C=O) groups is 2. The minimum Gasteiger partial charge on any atom is -0.462 e. The van der Waals surface area contributed by atoms with Crippen molar-refractivity contribution in [2.75, 3.05) is 26.4 Å². The van der Waals surface area contributed by atoms with E-state index in [1.165, 1.54) is 19.3 Å². The van der Waals surface area contributed by atoms with Gasteiger partial charge in [-0.05, 0) is 128 Å². The highest BCUT2D eigenvalue weighted by Gasteiger charge is 2.26. The second-order valence-electron chi connectivity index (χ2n) is 18.0. The number of hydrogen-bond acceptors (Lipinski definition) is 8. The Morgan fingerprint density at radius 3 is 1.04 bits per heavy atom. The van der Waals surface area contributed by atoms with Gasteiger partial charge in [-0.3, -0.25) is 18.6 Å². The van der Waals surface area contributed by atoms with Crippen molar-refractivity contribution in [3.63, 3.8) is 0 Å². The lowest BCUT2D eigenvalue weighted by Gasteiger charge is -2.19. The Kier molecular flexibility index (Phi) is 55.0. The molecule has 420 valence electrons. The van der Waals surface area contributed by atoms with Crippen molar-refractivity contribution in [1.82, 2.24) is 0 Å². The molecule has 10 heteroatoms. The Balaban J connectivity index is 4.13. The monoisotopic (exact) mass is 1060 g/mol. The van der Waals surface area contributed by atoms with E-state index in [9.17, 15) is 19.0 Å². The maximum Gasteiger partial charge on any atom is 0.472 e. The second-order valence-corrected chi connectivity index (χ2v) is 19.5. The molecule has 2 unspecified atom stereocenters. The third kappa shape index (κ3) is 58.5. The van der Waals surface area contributed by atoms with Crippen LogP contribution in [0.4, 0.5) is 0 Å². The number of allylic oxidation sites excluding steroid dienone is 28. The van der Waals surface area contributed by atoms with E-state index in [1.54, 1.807) is 0 Å². The lowest BCUT2D eigenvalue weighted by Crippen LogP contribution is -2.29. The fourth-order valence-electron chi connectivity index (χ4n) is 6.95. The molecule has 0 amide bonds. The van der Waals surface area contributed by atoms with Crippen molar-refractivity contribution in [1.29, 1.82) is 0 Å². The summed E-state index contributed by atoms with van der Waals surface area (Å²) in [4.78, 5) is 35.1. The summed E-state index contributed by atoms with van der Waals surface area (Å²) in [6, 6.07) is 0. The summed E-state index contributed by atoms with van der Waals surface area (Å²) in [7, 11) is -4.41. The SMILES string of the molecule is CC/C=C\C/C=C\C/C=C\C/C=C\C/C=C\C/C=C\C/C=C\C/C=C\C/C=C\C/C=C\C/C=C\CCCCCC(=O)OC(COC(=O)CCCCCCCCC/C=C\C/C=C\C/C=C\CC)COP(=O)(O)OCCN. The zero-order valence-electron chi connectivity index (χ0n) is 46.7. The summed E-state index contributed by atoms with van der Waals surface area (Å²) in [5, 5.41) is 0. The topological polar surface area (TPSA) is 134 Å². The molecular weight excluding hydrogens is 954 g/mol. The molecule has 0 aliphatic rings. The van der Waals surface area contributed by atoms with Gasteiger partial charge < -0.3 is 20.1 Å². The fraction of sp³-hybridized carbons (Fsp3) is 0.538. The molecule has 75 heavy (non-hydrogen) atoms. The normalized spacial score (nSPS) is 14.3. The van der Waals surface area contributed by atoms with Crippen molar-refractivity contribution in [3.05, 3.63) is 170 Å². The maximum atomic E-state index is 12.7. The van der Waals surface area contributed by atoms with Gasteiger partial charge in [-0.15, -0.1) is 0 Å². The quantitative estimate of drug-likeness (QED) is 0.0264. The average Bonchev–Trinajstić information content (AvgIpc) is 3.40. The van der Waals surface area contributed by atoms with Crippen LogP contribution in [0, 0.1) is 0 Å². The Labute approximate surface area is 457 Å².